The van der Waals surface area contributed by atoms with Gasteiger partial charge in [0.15, 0.2) is 0 Å². The van der Waals surface area contributed by atoms with Crippen molar-refractivity contribution in [2.75, 3.05) is 11.9 Å². The van der Waals surface area contributed by atoms with Crippen LogP contribution in [0.25, 0.3) is 0 Å². The number of carbonyl (C=O) groups excluding carboxylic acids is 1. The highest BCUT2D eigenvalue weighted by Gasteiger charge is 2.33. The van der Waals surface area contributed by atoms with Crippen LogP contribution in [0.4, 0.5) is 23.7 Å². The Kier molecular flexibility index (Phi) is 6.19. The number of nitriles is 1. The Morgan fingerprint density at radius 3 is 2.68 bits per heavy atom. The first-order chi connectivity index (χ1) is 10.3. The maximum Gasteiger partial charge on any atom is 0.417 e. The van der Waals surface area contributed by atoms with Crippen molar-refractivity contribution >= 4 is 11.7 Å². The van der Waals surface area contributed by atoms with Gasteiger partial charge < -0.3 is 15.7 Å². The molecule has 0 bridgehead atoms. The van der Waals surface area contributed by atoms with Crippen LogP contribution in [0.15, 0.2) is 18.2 Å². The maximum absolute atomic E-state index is 12.8. The Bertz CT molecular complexity index is 567. The zero-order valence-electron chi connectivity index (χ0n) is 11.9. The fourth-order valence-electron chi connectivity index (χ4n) is 1.81. The smallest absolute Gasteiger partial charge is 0.396 e. The van der Waals surface area contributed by atoms with E-state index in [1.807, 2.05) is 0 Å². The van der Waals surface area contributed by atoms with Crippen LogP contribution in [0.1, 0.15) is 30.9 Å². The van der Waals surface area contributed by atoms with E-state index in [2.05, 4.69) is 10.6 Å². The molecule has 2 amide bonds. The van der Waals surface area contributed by atoms with Crippen LogP contribution in [-0.2, 0) is 6.18 Å². The molecule has 0 saturated carbocycles. The lowest BCUT2D eigenvalue weighted by Crippen LogP contribution is -2.36. The average Bonchev–Trinajstić information content (AvgIpc) is 2.44. The number of carbonyl (C=O) groups is 1. The molecule has 5 nitrogen and oxygen atoms in total. The lowest BCUT2D eigenvalue weighted by molar-refractivity contribution is -0.137. The summed E-state index contributed by atoms with van der Waals surface area (Å²) >= 11 is 0. The van der Waals surface area contributed by atoms with Gasteiger partial charge in [-0.15, -0.1) is 0 Å². The lowest BCUT2D eigenvalue weighted by Gasteiger charge is -2.15. The number of rotatable bonds is 5. The Labute approximate surface area is 125 Å². The van der Waals surface area contributed by atoms with Crippen molar-refractivity contribution in [3.63, 3.8) is 0 Å². The average molecular weight is 315 g/mol. The first-order valence-corrected chi connectivity index (χ1v) is 6.57. The minimum absolute atomic E-state index is 0.00178. The molecule has 8 heteroatoms. The third-order valence-corrected chi connectivity index (χ3v) is 2.88. The van der Waals surface area contributed by atoms with Gasteiger partial charge in [-0.3, -0.25) is 0 Å². The number of aliphatic hydroxyl groups excluding tert-OH is 1. The summed E-state index contributed by atoms with van der Waals surface area (Å²) in [6, 6.07) is 3.54. The summed E-state index contributed by atoms with van der Waals surface area (Å²) in [7, 11) is 0. The number of amides is 2. The summed E-state index contributed by atoms with van der Waals surface area (Å²) in [5, 5.41) is 22.2. The molecule has 1 rings (SSSR count). The van der Waals surface area contributed by atoms with E-state index in [1.165, 1.54) is 12.1 Å². The summed E-state index contributed by atoms with van der Waals surface area (Å²) in [5.74, 6) is 0. The van der Waals surface area contributed by atoms with E-state index < -0.39 is 23.3 Å². The molecule has 0 aliphatic rings. The number of urea groups is 1. The van der Waals surface area contributed by atoms with Crippen molar-refractivity contribution in [2.45, 2.75) is 32.0 Å². The highest BCUT2D eigenvalue weighted by molar-refractivity contribution is 5.89. The number of aliphatic hydroxyl groups is 1. The molecule has 1 unspecified atom stereocenters. The normalized spacial score (nSPS) is 12.4. The molecule has 3 N–H and O–H groups in total. The molecule has 120 valence electrons. The van der Waals surface area contributed by atoms with E-state index in [0.717, 1.165) is 12.1 Å². The summed E-state index contributed by atoms with van der Waals surface area (Å²) in [6.07, 6.45) is -3.62. The van der Waals surface area contributed by atoms with Gasteiger partial charge in [0.2, 0.25) is 0 Å². The molecule has 0 radical (unpaired) electrons. The van der Waals surface area contributed by atoms with Crippen LogP contribution in [0, 0.1) is 11.3 Å². The summed E-state index contributed by atoms with van der Waals surface area (Å²) in [4.78, 5) is 11.7. The minimum atomic E-state index is -4.67. The Hall–Kier alpha value is -2.27. The predicted molar refractivity (Wildman–Crippen MR) is 74.1 cm³/mol. The van der Waals surface area contributed by atoms with E-state index in [9.17, 15) is 18.0 Å². The molecular weight excluding hydrogens is 299 g/mol. The SMILES string of the molecule is CC(CCCO)NC(=O)Nc1ccc(C#N)c(C(F)(F)F)c1. The van der Waals surface area contributed by atoms with Crippen LogP contribution in [0.5, 0.6) is 0 Å². The van der Waals surface area contributed by atoms with Gasteiger partial charge >= 0.3 is 12.2 Å². The van der Waals surface area contributed by atoms with E-state index in [-0.39, 0.29) is 18.3 Å². The van der Waals surface area contributed by atoms with Gasteiger partial charge in [0, 0.05) is 18.3 Å². The molecule has 22 heavy (non-hydrogen) atoms. The molecular formula is C14H16F3N3O2. The maximum atomic E-state index is 12.8. The van der Waals surface area contributed by atoms with E-state index in [1.54, 1.807) is 6.92 Å². The van der Waals surface area contributed by atoms with Gasteiger partial charge in [0.1, 0.15) is 0 Å². The molecule has 0 fully saturated rings. The quantitative estimate of drug-likeness (QED) is 0.781. The van der Waals surface area contributed by atoms with Crippen LogP contribution >= 0.6 is 0 Å². The Morgan fingerprint density at radius 1 is 1.45 bits per heavy atom. The number of halogens is 3. The lowest BCUT2D eigenvalue weighted by atomic mass is 10.1. The van der Waals surface area contributed by atoms with Gasteiger partial charge in [0.05, 0.1) is 17.2 Å². The zero-order valence-corrected chi connectivity index (χ0v) is 11.9. The first kappa shape index (κ1) is 17.8. The number of nitrogens with zero attached hydrogens (tertiary/aromatic N) is 1. The molecule has 0 saturated heterocycles. The Morgan fingerprint density at radius 2 is 2.14 bits per heavy atom. The number of hydrogen-bond donors (Lipinski definition) is 3. The second-order valence-corrected chi connectivity index (χ2v) is 4.74. The van der Waals surface area contributed by atoms with Crippen LogP contribution < -0.4 is 10.6 Å². The summed E-state index contributed by atoms with van der Waals surface area (Å²) < 4.78 is 38.4. The van der Waals surface area contributed by atoms with Crippen molar-refractivity contribution in [3.05, 3.63) is 29.3 Å². The van der Waals surface area contributed by atoms with Crippen molar-refractivity contribution in [1.82, 2.24) is 5.32 Å². The predicted octanol–water partition coefficient (Wildman–Crippen LogP) is 2.86. The second kappa shape index (κ2) is 7.66. The van der Waals surface area contributed by atoms with Gasteiger partial charge in [0.25, 0.3) is 0 Å². The van der Waals surface area contributed by atoms with E-state index >= 15 is 0 Å². The molecule has 1 aromatic rings. The molecule has 0 heterocycles. The number of alkyl halides is 3. The molecule has 0 spiro atoms. The van der Waals surface area contributed by atoms with Crippen molar-refractivity contribution < 1.29 is 23.1 Å². The molecule has 1 aromatic carbocycles. The second-order valence-electron chi connectivity index (χ2n) is 4.74. The summed E-state index contributed by atoms with van der Waals surface area (Å²) in [5.41, 5.74) is -1.66. The van der Waals surface area contributed by atoms with Gasteiger partial charge in [-0.1, -0.05) is 0 Å². The summed E-state index contributed by atoms with van der Waals surface area (Å²) in [6.45, 7) is 1.72. The van der Waals surface area contributed by atoms with Crippen molar-refractivity contribution in [1.29, 1.82) is 5.26 Å². The standard InChI is InChI=1S/C14H16F3N3O2/c1-9(3-2-6-21)19-13(22)20-11-5-4-10(8-18)12(7-11)14(15,16)17/h4-5,7,9,21H,2-3,6H2,1H3,(H2,19,20,22). The van der Waals surface area contributed by atoms with Crippen molar-refractivity contribution in [2.24, 2.45) is 0 Å². The van der Waals surface area contributed by atoms with Gasteiger partial charge in [-0.2, -0.15) is 18.4 Å². The Balaban J connectivity index is 2.78. The number of benzene rings is 1. The van der Waals surface area contributed by atoms with Crippen LogP contribution in [0.3, 0.4) is 0 Å². The van der Waals surface area contributed by atoms with Crippen LogP contribution in [0.2, 0.25) is 0 Å². The number of hydrogen-bond acceptors (Lipinski definition) is 3. The molecule has 1 atom stereocenters. The number of anilines is 1. The highest BCUT2D eigenvalue weighted by atomic mass is 19.4. The largest absolute Gasteiger partial charge is 0.417 e. The zero-order chi connectivity index (χ0) is 16.8. The first-order valence-electron chi connectivity index (χ1n) is 6.57. The third-order valence-electron chi connectivity index (χ3n) is 2.88. The molecule has 0 aliphatic carbocycles. The van der Waals surface area contributed by atoms with Crippen LogP contribution in [-0.4, -0.2) is 23.8 Å². The fourth-order valence-corrected chi connectivity index (χ4v) is 1.81. The number of nitrogens with one attached hydrogen (secondary N) is 2. The minimum Gasteiger partial charge on any atom is -0.396 e. The third kappa shape index (κ3) is 5.26. The monoisotopic (exact) mass is 315 g/mol. The van der Waals surface area contributed by atoms with Gasteiger partial charge in [-0.05, 0) is 38.0 Å². The van der Waals surface area contributed by atoms with Crippen molar-refractivity contribution in [3.8, 4) is 6.07 Å². The fraction of sp³-hybridized carbons (Fsp3) is 0.429. The van der Waals surface area contributed by atoms with E-state index in [0.29, 0.717) is 12.8 Å². The topological polar surface area (TPSA) is 85.2 Å². The van der Waals surface area contributed by atoms with E-state index in [4.69, 9.17) is 10.4 Å². The van der Waals surface area contributed by atoms with Gasteiger partial charge in [-0.25, -0.2) is 4.79 Å². The highest BCUT2D eigenvalue weighted by Crippen LogP contribution is 2.33. The molecule has 0 aliphatic heterocycles. The molecule has 0 aromatic heterocycles.